The van der Waals surface area contributed by atoms with Crippen LogP contribution in [0.3, 0.4) is 0 Å². The van der Waals surface area contributed by atoms with Crippen LogP contribution in [0.25, 0.3) is 16.6 Å². The average molecular weight is 366 g/mol. The van der Waals surface area contributed by atoms with E-state index in [1.807, 2.05) is 49.6 Å². The summed E-state index contributed by atoms with van der Waals surface area (Å²) in [6.45, 7) is 5.86. The van der Waals surface area contributed by atoms with Gasteiger partial charge in [0, 0.05) is 23.2 Å². The molecule has 7 nitrogen and oxygen atoms in total. The van der Waals surface area contributed by atoms with Crippen LogP contribution in [0.2, 0.25) is 0 Å². The molecule has 1 amide bonds. The van der Waals surface area contributed by atoms with Crippen molar-refractivity contribution in [1.82, 2.24) is 24.8 Å². The molecule has 0 fully saturated rings. The highest BCUT2D eigenvalue weighted by Crippen LogP contribution is 2.23. The van der Waals surface area contributed by atoms with Crippen molar-refractivity contribution in [3.63, 3.8) is 0 Å². The molecular weight excluding hydrogens is 348 g/mol. The fraction of sp³-hybridized carbons (Fsp3) is 0.278. The van der Waals surface area contributed by atoms with E-state index in [0.29, 0.717) is 18.0 Å². The Morgan fingerprint density at radius 1 is 1.19 bits per heavy atom. The van der Waals surface area contributed by atoms with Gasteiger partial charge in [0.05, 0.1) is 5.52 Å². The summed E-state index contributed by atoms with van der Waals surface area (Å²) in [7, 11) is 0. The second-order valence-corrected chi connectivity index (χ2v) is 7.37. The lowest BCUT2D eigenvalue weighted by molar-refractivity contribution is -0.116. The Morgan fingerprint density at radius 2 is 2.00 bits per heavy atom. The van der Waals surface area contributed by atoms with Crippen molar-refractivity contribution in [2.45, 2.75) is 33.6 Å². The molecule has 26 heavy (non-hydrogen) atoms. The van der Waals surface area contributed by atoms with Crippen LogP contribution in [-0.4, -0.2) is 30.7 Å². The molecular formula is C18H18N6OS. The summed E-state index contributed by atoms with van der Waals surface area (Å²) < 4.78 is 1.87. The van der Waals surface area contributed by atoms with Gasteiger partial charge >= 0.3 is 0 Å². The van der Waals surface area contributed by atoms with E-state index in [1.165, 1.54) is 11.3 Å². The van der Waals surface area contributed by atoms with Crippen LogP contribution >= 0.6 is 11.3 Å². The Kier molecular flexibility index (Phi) is 4.12. The molecule has 0 atom stereocenters. The third kappa shape index (κ3) is 2.92. The number of carbonyl (C=O) groups is 1. The van der Waals surface area contributed by atoms with E-state index in [0.717, 1.165) is 38.5 Å². The number of aryl methyl sites for hydroxylation is 3. The number of fused-ring (bicyclic) bond motifs is 3. The third-order valence-corrected chi connectivity index (χ3v) is 5.15. The summed E-state index contributed by atoms with van der Waals surface area (Å²) in [6.07, 6.45) is 0.953. The minimum absolute atomic E-state index is 0.0781. The van der Waals surface area contributed by atoms with Gasteiger partial charge in [0.25, 0.3) is 0 Å². The van der Waals surface area contributed by atoms with Crippen molar-refractivity contribution < 1.29 is 4.79 Å². The fourth-order valence-corrected chi connectivity index (χ4v) is 3.71. The quantitative estimate of drug-likeness (QED) is 0.599. The molecule has 0 bridgehead atoms. The molecule has 0 saturated carbocycles. The Bertz CT molecular complexity index is 1130. The lowest BCUT2D eigenvalue weighted by Crippen LogP contribution is -2.14. The zero-order valence-electron chi connectivity index (χ0n) is 14.8. The minimum atomic E-state index is -0.0781. The second-order valence-electron chi connectivity index (χ2n) is 6.19. The summed E-state index contributed by atoms with van der Waals surface area (Å²) in [6, 6.07) is 7.97. The van der Waals surface area contributed by atoms with Crippen LogP contribution in [0.5, 0.6) is 0 Å². The van der Waals surface area contributed by atoms with Crippen LogP contribution in [-0.2, 0) is 11.2 Å². The first kappa shape index (κ1) is 16.6. The molecule has 132 valence electrons. The molecule has 3 aromatic heterocycles. The topological polar surface area (TPSA) is 85.1 Å². The standard InChI is InChI=1S/C18H18N6OS/c1-10-13(8-9-16(25)20-18-22-21-12(3)26-18)11(2)24-17(19-10)14-6-4-5-7-15(14)23-24/h4-7H,8-9H2,1-3H3,(H,20,22,25). The highest BCUT2D eigenvalue weighted by Gasteiger charge is 2.15. The number of hydrogen-bond donors (Lipinski definition) is 1. The fourth-order valence-electron chi connectivity index (χ4n) is 3.11. The molecule has 0 saturated heterocycles. The van der Waals surface area contributed by atoms with Gasteiger partial charge < -0.3 is 5.32 Å². The average Bonchev–Trinajstić information content (AvgIpc) is 3.18. The maximum Gasteiger partial charge on any atom is 0.226 e. The summed E-state index contributed by atoms with van der Waals surface area (Å²) in [5, 5.41) is 17.7. The van der Waals surface area contributed by atoms with E-state index in [1.54, 1.807) is 0 Å². The van der Waals surface area contributed by atoms with E-state index in [2.05, 4.69) is 20.6 Å². The predicted octanol–water partition coefficient (Wildman–Crippen LogP) is 3.23. The van der Waals surface area contributed by atoms with Gasteiger partial charge in [-0.2, -0.15) is 5.10 Å². The number of nitrogens with one attached hydrogen (secondary N) is 1. The molecule has 4 rings (SSSR count). The lowest BCUT2D eigenvalue weighted by atomic mass is 10.1. The van der Waals surface area contributed by atoms with Crippen molar-refractivity contribution in [2.24, 2.45) is 0 Å². The molecule has 0 unspecified atom stereocenters. The van der Waals surface area contributed by atoms with Crippen molar-refractivity contribution in [3.8, 4) is 0 Å². The highest BCUT2D eigenvalue weighted by atomic mass is 32.1. The van der Waals surface area contributed by atoms with Crippen LogP contribution in [0, 0.1) is 20.8 Å². The molecule has 0 aliphatic rings. The summed E-state index contributed by atoms with van der Waals surface area (Å²) in [4.78, 5) is 16.9. The normalized spacial score (nSPS) is 11.3. The maximum absolute atomic E-state index is 12.2. The largest absolute Gasteiger partial charge is 0.301 e. The van der Waals surface area contributed by atoms with Gasteiger partial charge in [-0.3, -0.25) is 4.79 Å². The monoisotopic (exact) mass is 366 g/mol. The van der Waals surface area contributed by atoms with Crippen molar-refractivity contribution in [3.05, 3.63) is 46.2 Å². The predicted molar refractivity (Wildman–Crippen MR) is 102 cm³/mol. The van der Waals surface area contributed by atoms with Gasteiger partial charge in [-0.05, 0) is 44.9 Å². The summed E-state index contributed by atoms with van der Waals surface area (Å²) in [5.74, 6) is -0.0781. The van der Waals surface area contributed by atoms with Gasteiger partial charge in [-0.25, -0.2) is 9.50 Å². The zero-order chi connectivity index (χ0) is 18.3. The molecule has 0 spiro atoms. The van der Waals surface area contributed by atoms with Gasteiger partial charge in [0.1, 0.15) is 5.01 Å². The van der Waals surface area contributed by atoms with E-state index in [-0.39, 0.29) is 5.91 Å². The number of amides is 1. The molecule has 8 heteroatoms. The first-order chi connectivity index (χ1) is 12.5. The molecule has 0 aliphatic carbocycles. The van der Waals surface area contributed by atoms with Gasteiger partial charge in [0.2, 0.25) is 11.0 Å². The van der Waals surface area contributed by atoms with Gasteiger partial charge in [0.15, 0.2) is 5.65 Å². The Balaban J connectivity index is 1.60. The van der Waals surface area contributed by atoms with Crippen LogP contribution in [0.4, 0.5) is 5.13 Å². The van der Waals surface area contributed by atoms with E-state index in [9.17, 15) is 4.79 Å². The van der Waals surface area contributed by atoms with Gasteiger partial charge in [-0.15, -0.1) is 10.2 Å². The third-order valence-electron chi connectivity index (χ3n) is 4.39. The van der Waals surface area contributed by atoms with E-state index < -0.39 is 0 Å². The van der Waals surface area contributed by atoms with E-state index in [4.69, 9.17) is 4.98 Å². The maximum atomic E-state index is 12.2. The molecule has 3 heterocycles. The van der Waals surface area contributed by atoms with Crippen LogP contribution in [0.15, 0.2) is 24.3 Å². The number of carbonyl (C=O) groups excluding carboxylic acids is 1. The minimum Gasteiger partial charge on any atom is -0.301 e. The summed E-state index contributed by atoms with van der Waals surface area (Å²) in [5.41, 5.74) is 4.77. The van der Waals surface area contributed by atoms with Crippen LogP contribution in [0.1, 0.15) is 28.4 Å². The van der Waals surface area contributed by atoms with Crippen molar-refractivity contribution in [1.29, 1.82) is 0 Å². The second kappa shape index (κ2) is 6.45. The number of anilines is 1. The van der Waals surface area contributed by atoms with Crippen LogP contribution < -0.4 is 5.32 Å². The van der Waals surface area contributed by atoms with Crippen molar-refractivity contribution in [2.75, 3.05) is 5.32 Å². The first-order valence-electron chi connectivity index (χ1n) is 8.36. The number of hydrogen-bond acceptors (Lipinski definition) is 6. The smallest absolute Gasteiger partial charge is 0.226 e. The Hall–Kier alpha value is -2.87. The van der Waals surface area contributed by atoms with E-state index >= 15 is 0 Å². The number of benzene rings is 1. The number of nitrogens with zero attached hydrogens (tertiary/aromatic N) is 5. The Morgan fingerprint density at radius 3 is 2.77 bits per heavy atom. The molecule has 0 aliphatic heterocycles. The number of rotatable bonds is 4. The highest BCUT2D eigenvalue weighted by molar-refractivity contribution is 7.15. The zero-order valence-corrected chi connectivity index (χ0v) is 15.6. The molecule has 0 radical (unpaired) electrons. The Labute approximate surface area is 154 Å². The SMILES string of the molecule is Cc1nnc(NC(=O)CCc2c(C)nc3c4ccccc4nn3c2C)s1. The van der Waals surface area contributed by atoms with Crippen molar-refractivity contribution >= 4 is 38.9 Å². The lowest BCUT2D eigenvalue weighted by Gasteiger charge is -2.10. The molecule has 1 aromatic carbocycles. The summed E-state index contributed by atoms with van der Waals surface area (Å²) >= 11 is 1.37. The first-order valence-corrected chi connectivity index (χ1v) is 9.18. The molecule has 1 N–H and O–H groups in total. The van der Waals surface area contributed by atoms with Gasteiger partial charge in [-0.1, -0.05) is 23.5 Å². The molecule has 4 aromatic rings. The number of aromatic nitrogens is 5.